The molecule has 1 aromatic carbocycles. The van der Waals surface area contributed by atoms with E-state index >= 15 is 0 Å². The summed E-state index contributed by atoms with van der Waals surface area (Å²) in [6.07, 6.45) is 2.51. The van der Waals surface area contributed by atoms with Crippen molar-refractivity contribution in [1.82, 2.24) is 0 Å². The highest BCUT2D eigenvalue weighted by molar-refractivity contribution is 6.74. The largest absolute Gasteiger partial charge is 0.417 e. The number of anilines is 1. The summed E-state index contributed by atoms with van der Waals surface area (Å²) in [6, 6.07) is 10.8. The van der Waals surface area contributed by atoms with Gasteiger partial charge in [0.05, 0.1) is 0 Å². The first-order valence-corrected chi connectivity index (χ1v) is 11.1. The Morgan fingerprint density at radius 2 is 1.67 bits per heavy atom. The molecule has 3 heteroatoms. The third-order valence-corrected chi connectivity index (χ3v) is 9.72. The predicted molar refractivity (Wildman–Crippen MR) is 94.5 cm³/mol. The molecule has 0 unspecified atom stereocenters. The zero-order valence-electron chi connectivity index (χ0n) is 14.4. The van der Waals surface area contributed by atoms with E-state index in [9.17, 15) is 0 Å². The van der Waals surface area contributed by atoms with Crippen molar-refractivity contribution >= 4 is 14.0 Å². The lowest BCUT2D eigenvalue weighted by Gasteiger charge is -2.39. The Bertz CT molecular complexity index is 430. The number of benzene rings is 1. The molecule has 0 amide bonds. The third-order valence-electron chi connectivity index (χ3n) is 5.22. The van der Waals surface area contributed by atoms with Gasteiger partial charge >= 0.3 is 0 Å². The molecule has 0 N–H and O–H groups in total. The molecule has 2 rings (SSSR count). The minimum Gasteiger partial charge on any atom is -0.417 e. The van der Waals surface area contributed by atoms with Gasteiger partial charge in [0.15, 0.2) is 8.32 Å². The van der Waals surface area contributed by atoms with E-state index in [0.29, 0.717) is 5.04 Å². The topological polar surface area (TPSA) is 12.5 Å². The van der Waals surface area contributed by atoms with Crippen molar-refractivity contribution in [3.8, 4) is 0 Å². The molecule has 0 bridgehead atoms. The Balaban J connectivity index is 1.80. The average molecular weight is 306 g/mol. The highest BCUT2D eigenvalue weighted by Gasteiger charge is 2.37. The van der Waals surface area contributed by atoms with E-state index in [-0.39, 0.29) is 0 Å². The number of nitrogens with zero attached hydrogens (tertiary/aromatic N) is 1. The van der Waals surface area contributed by atoms with Crippen molar-refractivity contribution < 1.29 is 4.43 Å². The lowest BCUT2D eigenvalue weighted by molar-refractivity contribution is 0.205. The monoisotopic (exact) mass is 305 g/mol. The van der Waals surface area contributed by atoms with Gasteiger partial charge < -0.3 is 9.33 Å². The molecule has 118 valence electrons. The second kappa shape index (κ2) is 6.53. The molecule has 1 fully saturated rings. The fraction of sp³-hybridized carbons (Fsp3) is 0.667. The van der Waals surface area contributed by atoms with Crippen molar-refractivity contribution in [2.24, 2.45) is 5.92 Å². The minimum absolute atomic E-state index is 0.317. The number of piperidine rings is 1. The molecule has 0 aliphatic carbocycles. The van der Waals surface area contributed by atoms with Crippen molar-refractivity contribution in [2.75, 3.05) is 24.6 Å². The molecule has 1 aliphatic rings. The van der Waals surface area contributed by atoms with Crippen LogP contribution in [0.25, 0.3) is 0 Å². The molecule has 21 heavy (non-hydrogen) atoms. The Labute approximate surface area is 131 Å². The van der Waals surface area contributed by atoms with Crippen LogP contribution in [0.4, 0.5) is 5.69 Å². The fourth-order valence-electron chi connectivity index (χ4n) is 2.54. The molecule has 1 saturated heterocycles. The van der Waals surface area contributed by atoms with E-state index < -0.39 is 8.32 Å². The fourth-order valence-corrected chi connectivity index (χ4v) is 3.62. The van der Waals surface area contributed by atoms with E-state index in [0.717, 1.165) is 25.6 Å². The van der Waals surface area contributed by atoms with Gasteiger partial charge in [0.1, 0.15) is 0 Å². The Kier molecular flexibility index (Phi) is 5.15. The second-order valence-electron chi connectivity index (χ2n) is 7.84. The zero-order chi connectivity index (χ0) is 15.5. The van der Waals surface area contributed by atoms with Gasteiger partial charge in [0, 0.05) is 25.4 Å². The summed E-state index contributed by atoms with van der Waals surface area (Å²) in [5.74, 6) is 0.735. The summed E-state index contributed by atoms with van der Waals surface area (Å²) >= 11 is 0. The molecule has 0 saturated carbocycles. The third kappa shape index (κ3) is 4.33. The van der Waals surface area contributed by atoms with E-state index in [1.54, 1.807) is 0 Å². The normalized spacial score (nSPS) is 18.0. The van der Waals surface area contributed by atoms with Gasteiger partial charge in [-0.05, 0) is 49.0 Å². The van der Waals surface area contributed by atoms with Crippen molar-refractivity contribution in [3.63, 3.8) is 0 Å². The lowest BCUT2D eigenvalue weighted by atomic mass is 9.97. The summed E-state index contributed by atoms with van der Waals surface area (Å²) in [7, 11) is -1.58. The first-order chi connectivity index (χ1) is 9.79. The van der Waals surface area contributed by atoms with Crippen LogP contribution >= 0.6 is 0 Å². The summed E-state index contributed by atoms with van der Waals surface area (Å²) in [5.41, 5.74) is 1.36. The lowest BCUT2D eigenvalue weighted by Crippen LogP contribution is -2.43. The average Bonchev–Trinajstić information content (AvgIpc) is 2.45. The summed E-state index contributed by atoms with van der Waals surface area (Å²) < 4.78 is 6.39. The maximum absolute atomic E-state index is 6.39. The van der Waals surface area contributed by atoms with Crippen molar-refractivity contribution in [2.45, 2.75) is 51.7 Å². The SMILES string of the molecule is CC(C)(C)[Si](C)(C)OCC1CCN(c2ccccc2)CC1. The Morgan fingerprint density at radius 1 is 1.10 bits per heavy atom. The van der Waals surface area contributed by atoms with Gasteiger partial charge in [-0.3, -0.25) is 0 Å². The summed E-state index contributed by atoms with van der Waals surface area (Å²) in [6.45, 7) is 14.9. The molecular weight excluding hydrogens is 274 g/mol. The molecule has 0 atom stereocenters. The van der Waals surface area contributed by atoms with E-state index in [1.165, 1.54) is 18.5 Å². The van der Waals surface area contributed by atoms with Crippen LogP contribution in [0.5, 0.6) is 0 Å². The maximum Gasteiger partial charge on any atom is 0.191 e. The quantitative estimate of drug-likeness (QED) is 0.732. The molecule has 0 spiro atoms. The highest BCUT2D eigenvalue weighted by Crippen LogP contribution is 2.37. The van der Waals surface area contributed by atoms with E-state index in [2.05, 4.69) is 69.1 Å². The summed E-state index contributed by atoms with van der Waals surface area (Å²) in [4.78, 5) is 2.50. The first kappa shape index (κ1) is 16.6. The first-order valence-electron chi connectivity index (χ1n) is 8.23. The Hall–Kier alpha value is -0.803. The van der Waals surface area contributed by atoms with E-state index in [1.807, 2.05) is 0 Å². The molecule has 1 aliphatic heterocycles. The van der Waals surface area contributed by atoms with Crippen LogP contribution in [-0.4, -0.2) is 28.0 Å². The van der Waals surface area contributed by atoms with Gasteiger partial charge in [-0.1, -0.05) is 39.0 Å². The molecule has 2 nitrogen and oxygen atoms in total. The zero-order valence-corrected chi connectivity index (χ0v) is 15.4. The van der Waals surface area contributed by atoms with Crippen LogP contribution in [-0.2, 0) is 4.43 Å². The van der Waals surface area contributed by atoms with Crippen molar-refractivity contribution in [1.29, 1.82) is 0 Å². The Morgan fingerprint density at radius 3 is 2.19 bits per heavy atom. The summed E-state index contributed by atoms with van der Waals surface area (Å²) in [5, 5.41) is 0.317. The molecule has 0 radical (unpaired) electrons. The smallest absolute Gasteiger partial charge is 0.191 e. The molecular formula is C18H31NOSi. The second-order valence-corrected chi connectivity index (χ2v) is 12.6. The standard InChI is InChI=1S/C18H31NOSi/c1-18(2,3)21(4,5)20-15-16-11-13-19(14-12-16)17-9-7-6-8-10-17/h6-10,16H,11-15H2,1-5H3. The number of para-hydroxylation sites is 1. The predicted octanol–water partition coefficient (Wildman–Crippen LogP) is 4.92. The van der Waals surface area contributed by atoms with Crippen LogP contribution < -0.4 is 4.90 Å². The van der Waals surface area contributed by atoms with Crippen LogP contribution in [0, 0.1) is 5.92 Å². The van der Waals surface area contributed by atoms with Gasteiger partial charge in [-0.25, -0.2) is 0 Å². The minimum atomic E-state index is -1.58. The van der Waals surface area contributed by atoms with Gasteiger partial charge in [0.25, 0.3) is 0 Å². The highest BCUT2D eigenvalue weighted by atomic mass is 28.4. The van der Waals surface area contributed by atoms with E-state index in [4.69, 9.17) is 4.43 Å². The van der Waals surface area contributed by atoms with Crippen LogP contribution in [0.1, 0.15) is 33.6 Å². The van der Waals surface area contributed by atoms with Crippen LogP contribution in [0.15, 0.2) is 30.3 Å². The molecule has 1 heterocycles. The van der Waals surface area contributed by atoms with Gasteiger partial charge in [-0.15, -0.1) is 0 Å². The molecule has 0 aromatic heterocycles. The number of rotatable bonds is 4. The van der Waals surface area contributed by atoms with Gasteiger partial charge in [0.2, 0.25) is 0 Å². The maximum atomic E-state index is 6.39. The van der Waals surface area contributed by atoms with Crippen LogP contribution in [0.3, 0.4) is 0 Å². The number of hydrogen-bond acceptors (Lipinski definition) is 2. The van der Waals surface area contributed by atoms with Crippen LogP contribution in [0.2, 0.25) is 18.1 Å². The number of hydrogen-bond donors (Lipinski definition) is 0. The molecule has 1 aromatic rings. The van der Waals surface area contributed by atoms with Crippen molar-refractivity contribution in [3.05, 3.63) is 30.3 Å². The van der Waals surface area contributed by atoms with Gasteiger partial charge in [-0.2, -0.15) is 0 Å².